The third-order valence-corrected chi connectivity index (χ3v) is 11.6. The summed E-state index contributed by atoms with van der Waals surface area (Å²) in [7, 11) is 4.69. The van der Waals surface area contributed by atoms with E-state index in [1.165, 1.54) is 103 Å². The molecule has 0 atom stereocenters. The smallest absolute Gasteiger partial charge is 0.302 e. The molecule has 0 amide bonds. The molecule has 6 nitrogen and oxygen atoms in total. The zero-order valence-electron chi connectivity index (χ0n) is 47.5. The number of esters is 1. The molecule has 0 radical (unpaired) electrons. The van der Waals surface area contributed by atoms with Crippen LogP contribution in [0.4, 0.5) is 0 Å². The monoisotopic (exact) mass is 1080 g/mol. The Morgan fingerprint density at radius 2 is 1.03 bits per heavy atom. The first-order valence-electron chi connectivity index (χ1n) is 26.3. The van der Waals surface area contributed by atoms with Crippen molar-refractivity contribution in [2.45, 2.75) is 120 Å². The number of ether oxygens (including phenoxy) is 4. The molecule has 0 spiro atoms. The molecule has 1 saturated carbocycles. The summed E-state index contributed by atoms with van der Waals surface area (Å²) in [5.41, 5.74) is 7.84. The van der Waals surface area contributed by atoms with Gasteiger partial charge in [0.05, 0.1) is 34.2 Å². The molecule has 75 heavy (non-hydrogen) atoms. The molecule has 1 aliphatic carbocycles. The number of rotatable bonds is 8. The fourth-order valence-corrected chi connectivity index (χ4v) is 6.97. The van der Waals surface area contributed by atoms with E-state index in [9.17, 15) is 4.79 Å². The van der Waals surface area contributed by atoms with E-state index in [-0.39, 0.29) is 7.40 Å². The molecule has 406 valence electrons. The normalized spacial score (nSPS) is 10.8. The minimum atomic E-state index is -0.245. The molecule has 0 saturated heterocycles. The minimum Gasteiger partial charge on any atom is -0.497 e. The number of hydrogen-bond acceptors (Lipinski definition) is 6. The lowest BCUT2D eigenvalue weighted by Gasteiger charge is -2.15. The highest BCUT2D eigenvalue weighted by Crippen LogP contribution is 2.22. The van der Waals surface area contributed by atoms with Gasteiger partial charge in [0.2, 0.25) is 0 Å². The molecule has 1 aromatic heterocycles. The van der Waals surface area contributed by atoms with Gasteiger partial charge in [-0.2, -0.15) is 0 Å². The van der Waals surface area contributed by atoms with Gasteiger partial charge in [0.25, 0.3) is 0 Å². The summed E-state index contributed by atoms with van der Waals surface area (Å²) < 4.78 is 25.5. The quantitative estimate of drug-likeness (QED) is 0.112. The Labute approximate surface area is 463 Å². The van der Waals surface area contributed by atoms with Gasteiger partial charge in [-0.1, -0.05) is 237 Å². The van der Waals surface area contributed by atoms with Crippen LogP contribution in [0, 0.1) is 40.5 Å². The van der Waals surface area contributed by atoms with Crippen molar-refractivity contribution in [3.8, 4) is 11.5 Å². The second kappa shape index (κ2) is 43.9. The molecule has 7 aromatic carbocycles. The zero-order chi connectivity index (χ0) is 55.3. The third kappa shape index (κ3) is 37.1. The lowest BCUT2D eigenvalue weighted by Crippen LogP contribution is -1.99. The van der Waals surface area contributed by atoms with Crippen LogP contribution < -0.4 is 9.47 Å². The maximum atomic E-state index is 9.59. The standard InChI is InChI=1S/C11H16O2.C11H10.C9H12.C8H10O.C7H7Br.C7H14.C7H8.C5H6O.C3H6O2.H2/c1-3-8-13-9-10-4-6-11(12-2)7-5-10;1-9-6-7-10-4-2-3-5-11(10)8-9;1-2-6-9-7-4-3-5-8-9;1-7-3-5-8(9-2)6-4-7;1-6-2-4-7(8)5-3-6;2*1-7-5-3-2-4-6-7;1-5-3-2-4-6-5;1-3(4)5-2;/h4-7H,3,8-9H2,1-2H3;2-8H,1H3;3-5,7-8H,2,6H2,1H3;3-6H,1-2H3;2-5H,1H3;7H,2-6H2,1H3;2-6H,1H3;2-4H,1H3;1-2H3;1H. The molecule has 0 bridgehead atoms. The van der Waals surface area contributed by atoms with Gasteiger partial charge in [-0.25, -0.2) is 0 Å². The summed E-state index contributed by atoms with van der Waals surface area (Å²) >= 11 is 3.35. The summed E-state index contributed by atoms with van der Waals surface area (Å²) in [6.45, 7) is 19.8. The highest BCUT2D eigenvalue weighted by Gasteiger charge is 2.06. The largest absolute Gasteiger partial charge is 0.497 e. The van der Waals surface area contributed by atoms with Crippen molar-refractivity contribution in [1.29, 1.82) is 0 Å². The molecular weight excluding hydrogens is 993 g/mol. The number of methoxy groups -OCH3 is 3. The van der Waals surface area contributed by atoms with Crippen LogP contribution in [0.1, 0.15) is 113 Å². The van der Waals surface area contributed by atoms with Gasteiger partial charge in [-0.3, -0.25) is 4.79 Å². The van der Waals surface area contributed by atoms with Crippen LogP contribution in [0.3, 0.4) is 0 Å². The molecule has 1 fully saturated rings. The van der Waals surface area contributed by atoms with E-state index >= 15 is 0 Å². The van der Waals surface area contributed by atoms with E-state index in [4.69, 9.17) is 18.6 Å². The van der Waals surface area contributed by atoms with Crippen LogP contribution in [-0.4, -0.2) is 33.9 Å². The number of carbonyl (C=O) groups excluding carboxylic acids is 1. The minimum absolute atomic E-state index is 0. The SMILES string of the molecule is CC1CCCCC1.CCCOCc1ccc(OC)cc1.CCCc1ccccc1.COC(C)=O.COc1ccc(C)cc1.Cc1ccc(Br)cc1.Cc1ccc2ccccc2c1.Cc1ccccc1.Cc1ccco1.[HH]. The molecule has 0 unspecified atom stereocenters. The molecule has 8 aromatic rings. The Morgan fingerprint density at radius 1 is 0.547 bits per heavy atom. The van der Waals surface area contributed by atoms with Crippen LogP contribution in [0.15, 0.2) is 203 Å². The molecule has 1 heterocycles. The average Bonchev–Trinajstić information content (AvgIpc) is 3.93. The van der Waals surface area contributed by atoms with Crippen LogP contribution in [0.2, 0.25) is 0 Å². The van der Waals surface area contributed by atoms with Crippen molar-refractivity contribution in [2.24, 2.45) is 5.92 Å². The molecule has 7 heteroatoms. The number of furan rings is 1. The van der Waals surface area contributed by atoms with E-state index in [1.807, 2.05) is 97.9 Å². The van der Waals surface area contributed by atoms with Crippen molar-refractivity contribution in [3.63, 3.8) is 0 Å². The van der Waals surface area contributed by atoms with Gasteiger partial charge >= 0.3 is 5.97 Å². The van der Waals surface area contributed by atoms with E-state index in [0.717, 1.165) is 40.7 Å². The third-order valence-electron chi connectivity index (χ3n) is 11.1. The first kappa shape index (κ1) is 66.6. The summed E-state index contributed by atoms with van der Waals surface area (Å²) in [6, 6.07) is 63.7. The van der Waals surface area contributed by atoms with Crippen LogP contribution in [0.5, 0.6) is 11.5 Å². The highest BCUT2D eigenvalue weighted by molar-refractivity contribution is 9.10. The molecule has 0 aliphatic heterocycles. The van der Waals surface area contributed by atoms with E-state index in [0.29, 0.717) is 6.61 Å². The van der Waals surface area contributed by atoms with Crippen LogP contribution >= 0.6 is 15.9 Å². The van der Waals surface area contributed by atoms with Crippen LogP contribution in [-0.2, 0) is 27.3 Å². The van der Waals surface area contributed by atoms with E-state index in [2.05, 4.69) is 166 Å². The van der Waals surface area contributed by atoms with Crippen molar-refractivity contribution >= 4 is 32.7 Å². The Kier molecular flexibility index (Phi) is 39.0. The van der Waals surface area contributed by atoms with E-state index < -0.39 is 0 Å². The van der Waals surface area contributed by atoms with Crippen LogP contribution in [0.25, 0.3) is 10.8 Å². The zero-order valence-corrected chi connectivity index (χ0v) is 49.0. The Balaban J connectivity index is 0.000000842. The number of fused-ring (bicyclic) bond motifs is 1. The fourth-order valence-electron chi connectivity index (χ4n) is 6.71. The second-order valence-electron chi connectivity index (χ2n) is 18.1. The van der Waals surface area contributed by atoms with Gasteiger partial charge in [-0.15, -0.1) is 0 Å². The Hall–Kier alpha value is -6.41. The van der Waals surface area contributed by atoms with Gasteiger partial charge in [0, 0.05) is 19.4 Å². The maximum Gasteiger partial charge on any atom is 0.302 e. The number of hydrogen-bond donors (Lipinski definition) is 0. The number of aryl methyl sites for hydroxylation is 6. The first-order valence-corrected chi connectivity index (χ1v) is 27.1. The summed E-state index contributed by atoms with van der Waals surface area (Å²) in [4.78, 5) is 9.59. The number of carbonyl (C=O) groups is 1. The summed E-state index contributed by atoms with van der Waals surface area (Å²) in [5.74, 6) is 3.56. The van der Waals surface area contributed by atoms with Crippen molar-refractivity contribution < 1.29 is 29.6 Å². The van der Waals surface area contributed by atoms with Gasteiger partial charge in [-0.05, 0) is 124 Å². The van der Waals surface area contributed by atoms with Gasteiger partial charge in [0.15, 0.2) is 0 Å². The Morgan fingerprint density at radius 3 is 1.43 bits per heavy atom. The van der Waals surface area contributed by atoms with E-state index in [1.54, 1.807) is 20.5 Å². The molecule has 9 rings (SSSR count). The second-order valence-corrected chi connectivity index (χ2v) is 19.0. The van der Waals surface area contributed by atoms with Crippen molar-refractivity contribution in [3.05, 3.63) is 238 Å². The number of halogens is 1. The lowest BCUT2D eigenvalue weighted by molar-refractivity contribution is -0.137. The summed E-state index contributed by atoms with van der Waals surface area (Å²) in [6.07, 6.45) is 12.6. The molecule has 1 aliphatic rings. The topological polar surface area (TPSA) is 67.1 Å². The number of benzene rings is 7. The molecule has 0 N–H and O–H groups in total. The predicted molar refractivity (Wildman–Crippen MR) is 325 cm³/mol. The first-order chi connectivity index (χ1) is 36.2. The van der Waals surface area contributed by atoms with Crippen molar-refractivity contribution in [2.75, 3.05) is 27.9 Å². The Bertz CT molecular complexity index is 2500. The lowest BCUT2D eigenvalue weighted by atomic mass is 9.91. The van der Waals surface area contributed by atoms with Crippen molar-refractivity contribution in [1.82, 2.24) is 0 Å². The van der Waals surface area contributed by atoms with Gasteiger partial charge in [0.1, 0.15) is 17.3 Å². The maximum absolute atomic E-state index is 9.59. The highest BCUT2D eigenvalue weighted by atomic mass is 79.9. The fraction of sp³-hybridized carbons (Fsp3) is 0.338. The predicted octanol–water partition coefficient (Wildman–Crippen LogP) is 19.8. The summed E-state index contributed by atoms with van der Waals surface area (Å²) in [5, 5.41) is 2.64. The van der Waals surface area contributed by atoms with Gasteiger partial charge < -0.3 is 23.4 Å². The molecular formula is C68H91BrO6. The average molecular weight is 1080 g/mol.